The number of carbonyl (C=O) groups is 2. The Labute approximate surface area is 190 Å². The molecule has 0 aliphatic rings. The summed E-state index contributed by atoms with van der Waals surface area (Å²) in [6, 6.07) is 17.4. The summed E-state index contributed by atoms with van der Waals surface area (Å²) in [5, 5.41) is 9.01. The molecule has 32 heavy (non-hydrogen) atoms. The Kier molecular flexibility index (Phi) is 6.28. The number of hydrogen-bond acceptors (Lipinski definition) is 5. The number of amides is 2. The van der Waals surface area contributed by atoms with E-state index in [-0.39, 0.29) is 17.7 Å². The fraction of sp³-hybridized carbons (Fsp3) is 0.200. The zero-order valence-corrected chi connectivity index (χ0v) is 19.0. The van der Waals surface area contributed by atoms with Crippen LogP contribution in [-0.2, 0) is 11.3 Å². The largest absolute Gasteiger partial charge is 0.352 e. The molecule has 4 aromatic rings. The van der Waals surface area contributed by atoms with Gasteiger partial charge in [0.05, 0.1) is 16.8 Å². The summed E-state index contributed by atoms with van der Waals surface area (Å²) in [6.45, 7) is 6.12. The second-order valence-corrected chi connectivity index (χ2v) is 8.72. The topological polar surface area (TPSA) is 84.0 Å². The molecule has 162 valence electrons. The number of rotatable bonds is 6. The maximum absolute atomic E-state index is 13.1. The summed E-state index contributed by atoms with van der Waals surface area (Å²) in [4.78, 5) is 33.4. The molecule has 6 nitrogen and oxygen atoms in total. The molecule has 2 N–H and O–H groups in total. The van der Waals surface area contributed by atoms with Crippen LogP contribution in [0, 0.1) is 0 Å². The van der Waals surface area contributed by atoms with Crippen molar-refractivity contribution >= 4 is 39.2 Å². The zero-order valence-electron chi connectivity index (χ0n) is 18.2. The van der Waals surface area contributed by atoms with Crippen LogP contribution in [0.2, 0.25) is 0 Å². The van der Waals surface area contributed by atoms with Crippen molar-refractivity contribution in [3.63, 3.8) is 0 Å². The van der Waals surface area contributed by atoms with E-state index in [2.05, 4.69) is 34.4 Å². The average Bonchev–Trinajstić information content (AvgIpc) is 3.25. The normalized spacial score (nSPS) is 11.0. The number of nitrogens with zero attached hydrogens (tertiary/aromatic N) is 2. The third-order valence-electron chi connectivity index (χ3n) is 5.09. The quantitative estimate of drug-likeness (QED) is 0.419. The Morgan fingerprint density at radius 3 is 2.50 bits per heavy atom. The van der Waals surface area contributed by atoms with Gasteiger partial charge in [0, 0.05) is 35.5 Å². The molecule has 2 aromatic heterocycles. The van der Waals surface area contributed by atoms with Crippen LogP contribution in [0.15, 0.2) is 60.0 Å². The first-order valence-electron chi connectivity index (χ1n) is 10.4. The van der Waals surface area contributed by atoms with Crippen LogP contribution in [0.25, 0.3) is 22.2 Å². The summed E-state index contributed by atoms with van der Waals surface area (Å²) in [7, 11) is 0. The number of fused-ring (bicyclic) bond motifs is 1. The van der Waals surface area contributed by atoms with Gasteiger partial charge in [-0.15, -0.1) is 11.3 Å². The molecule has 0 unspecified atom stereocenters. The van der Waals surface area contributed by atoms with Gasteiger partial charge in [-0.25, -0.2) is 4.98 Å². The van der Waals surface area contributed by atoms with E-state index in [4.69, 9.17) is 0 Å². The summed E-state index contributed by atoms with van der Waals surface area (Å²) in [5.41, 5.74) is 5.04. The van der Waals surface area contributed by atoms with Gasteiger partial charge in [0.2, 0.25) is 5.91 Å². The van der Waals surface area contributed by atoms with Gasteiger partial charge in [-0.2, -0.15) is 0 Å². The zero-order chi connectivity index (χ0) is 22.7. The number of thiazole rings is 1. The molecule has 2 aromatic carbocycles. The van der Waals surface area contributed by atoms with Crippen LogP contribution in [0.3, 0.4) is 0 Å². The number of carbonyl (C=O) groups excluding carboxylic acids is 2. The van der Waals surface area contributed by atoms with Crippen LogP contribution in [0.5, 0.6) is 0 Å². The Hall–Kier alpha value is -3.58. The van der Waals surface area contributed by atoms with Crippen molar-refractivity contribution in [1.82, 2.24) is 15.3 Å². The minimum atomic E-state index is -0.197. The van der Waals surface area contributed by atoms with E-state index in [1.54, 1.807) is 0 Å². The van der Waals surface area contributed by atoms with E-state index < -0.39 is 0 Å². The molecule has 0 radical (unpaired) electrons. The minimum Gasteiger partial charge on any atom is -0.352 e. The number of anilines is 1. The van der Waals surface area contributed by atoms with Crippen molar-refractivity contribution in [2.24, 2.45) is 0 Å². The smallest absolute Gasteiger partial charge is 0.258 e. The van der Waals surface area contributed by atoms with Crippen LogP contribution in [0.4, 0.5) is 5.13 Å². The van der Waals surface area contributed by atoms with Crippen molar-refractivity contribution < 1.29 is 9.59 Å². The lowest BCUT2D eigenvalue weighted by Crippen LogP contribution is -2.18. The van der Waals surface area contributed by atoms with Gasteiger partial charge in [-0.05, 0) is 23.6 Å². The number of benzene rings is 2. The van der Waals surface area contributed by atoms with E-state index in [9.17, 15) is 9.59 Å². The first-order chi connectivity index (χ1) is 15.4. The molecule has 7 heteroatoms. The molecule has 0 aliphatic carbocycles. The summed E-state index contributed by atoms with van der Waals surface area (Å²) in [5.74, 6) is -0.0419. The second-order valence-electron chi connectivity index (χ2n) is 7.87. The lowest BCUT2D eigenvalue weighted by molar-refractivity contribution is -0.119. The lowest BCUT2D eigenvalue weighted by Gasteiger charge is -2.11. The molecule has 0 atom stereocenters. The predicted octanol–water partition coefficient (Wildman–Crippen LogP) is 5.37. The summed E-state index contributed by atoms with van der Waals surface area (Å²) >= 11 is 1.39. The Morgan fingerprint density at radius 1 is 1.03 bits per heavy atom. The highest BCUT2D eigenvalue weighted by Gasteiger charge is 2.16. The van der Waals surface area contributed by atoms with Crippen molar-refractivity contribution in [2.45, 2.75) is 33.2 Å². The standard InChI is InChI=1S/C25H24N4O2S/c1-15(2)22-12-20(19-6-4-5-7-21(19)27-22)24(31)29-25-28-23(14-32-25)18-10-8-17(9-11-18)13-26-16(3)30/h4-12,14-15H,13H2,1-3H3,(H,26,30)(H,28,29,31). The average molecular weight is 445 g/mol. The van der Waals surface area contributed by atoms with Crippen LogP contribution in [-0.4, -0.2) is 21.8 Å². The number of pyridine rings is 1. The Morgan fingerprint density at radius 2 is 1.78 bits per heavy atom. The van der Waals surface area contributed by atoms with E-state index in [1.165, 1.54) is 18.3 Å². The highest BCUT2D eigenvalue weighted by molar-refractivity contribution is 7.14. The number of hydrogen-bond donors (Lipinski definition) is 2. The lowest BCUT2D eigenvalue weighted by atomic mass is 10.0. The molecule has 4 rings (SSSR count). The number of aromatic nitrogens is 2. The fourth-order valence-corrected chi connectivity index (χ4v) is 4.04. The molecule has 0 saturated heterocycles. The molecule has 2 heterocycles. The summed E-state index contributed by atoms with van der Waals surface area (Å²) < 4.78 is 0. The van der Waals surface area contributed by atoms with E-state index in [0.29, 0.717) is 17.2 Å². The molecule has 0 fully saturated rings. The summed E-state index contributed by atoms with van der Waals surface area (Å²) in [6.07, 6.45) is 0. The van der Waals surface area contributed by atoms with Crippen LogP contribution >= 0.6 is 11.3 Å². The van der Waals surface area contributed by atoms with Gasteiger partial charge < -0.3 is 5.32 Å². The van der Waals surface area contributed by atoms with E-state index >= 15 is 0 Å². The SMILES string of the molecule is CC(=O)NCc1ccc(-c2csc(NC(=O)c3cc(C(C)C)nc4ccccc34)n2)cc1. The highest BCUT2D eigenvalue weighted by atomic mass is 32.1. The Balaban J connectivity index is 1.54. The van der Waals surface area contributed by atoms with E-state index in [1.807, 2.05) is 60.0 Å². The molecule has 0 aliphatic heterocycles. The van der Waals surface area contributed by atoms with Gasteiger partial charge in [-0.3, -0.25) is 19.9 Å². The van der Waals surface area contributed by atoms with Crippen molar-refractivity contribution in [3.8, 4) is 11.3 Å². The first-order valence-corrected chi connectivity index (χ1v) is 11.3. The predicted molar refractivity (Wildman–Crippen MR) is 129 cm³/mol. The molecule has 0 spiro atoms. The Bertz CT molecular complexity index is 1280. The molecule has 2 amide bonds. The first kappa shape index (κ1) is 21.6. The van der Waals surface area contributed by atoms with Gasteiger partial charge in [0.1, 0.15) is 0 Å². The number of para-hydroxylation sites is 1. The van der Waals surface area contributed by atoms with Crippen molar-refractivity contribution in [3.05, 3.63) is 76.8 Å². The van der Waals surface area contributed by atoms with Gasteiger partial charge in [0.15, 0.2) is 5.13 Å². The van der Waals surface area contributed by atoms with Crippen molar-refractivity contribution in [2.75, 3.05) is 5.32 Å². The molecular weight excluding hydrogens is 420 g/mol. The molecular formula is C25H24N4O2S. The van der Waals surface area contributed by atoms with Crippen LogP contribution < -0.4 is 10.6 Å². The number of nitrogens with one attached hydrogen (secondary N) is 2. The highest BCUT2D eigenvalue weighted by Crippen LogP contribution is 2.27. The second kappa shape index (κ2) is 9.28. The maximum atomic E-state index is 13.1. The van der Waals surface area contributed by atoms with Gasteiger partial charge >= 0.3 is 0 Å². The maximum Gasteiger partial charge on any atom is 0.258 e. The third kappa shape index (κ3) is 4.84. The van der Waals surface area contributed by atoms with Gasteiger partial charge in [0.25, 0.3) is 5.91 Å². The molecule has 0 bridgehead atoms. The fourth-order valence-electron chi connectivity index (χ4n) is 3.33. The third-order valence-corrected chi connectivity index (χ3v) is 5.85. The van der Waals surface area contributed by atoms with E-state index in [0.717, 1.165) is 33.4 Å². The minimum absolute atomic E-state index is 0.0588. The van der Waals surface area contributed by atoms with Crippen molar-refractivity contribution in [1.29, 1.82) is 0 Å². The van der Waals surface area contributed by atoms with Crippen LogP contribution in [0.1, 0.15) is 48.3 Å². The monoisotopic (exact) mass is 444 g/mol. The van der Waals surface area contributed by atoms with Gasteiger partial charge in [-0.1, -0.05) is 56.3 Å². The molecule has 0 saturated carbocycles.